The number of phenols is 1. The standard InChI is InChI=1S/C18H17N3O4S/c1-12-13(2)20-25-18(12)21-26(23,24)16-9-7-15(8-10-16)19-11-14-5-3-4-6-17(14)22/h3-11,21-22H,1-2H3. The van der Waals surface area contributed by atoms with Crippen molar-refractivity contribution >= 4 is 27.8 Å². The molecule has 0 saturated heterocycles. The van der Waals surface area contributed by atoms with Gasteiger partial charge in [-0.3, -0.25) is 4.99 Å². The van der Waals surface area contributed by atoms with Crippen LogP contribution in [0, 0.1) is 13.8 Å². The molecule has 1 heterocycles. The Bertz CT molecular complexity index is 1050. The summed E-state index contributed by atoms with van der Waals surface area (Å²) in [5.74, 6) is 0.224. The highest BCUT2D eigenvalue weighted by molar-refractivity contribution is 7.92. The van der Waals surface area contributed by atoms with E-state index < -0.39 is 10.0 Å². The molecule has 8 heteroatoms. The van der Waals surface area contributed by atoms with E-state index in [0.29, 0.717) is 22.5 Å². The van der Waals surface area contributed by atoms with Gasteiger partial charge >= 0.3 is 0 Å². The van der Waals surface area contributed by atoms with Crippen LogP contribution >= 0.6 is 0 Å². The van der Waals surface area contributed by atoms with E-state index in [1.807, 2.05) is 0 Å². The predicted octanol–water partition coefficient (Wildman–Crippen LogP) is 3.55. The molecule has 3 aromatic rings. The summed E-state index contributed by atoms with van der Waals surface area (Å²) in [5.41, 5.74) is 2.38. The second kappa shape index (κ2) is 7.01. The first kappa shape index (κ1) is 17.7. The Hall–Kier alpha value is -3.13. The minimum absolute atomic E-state index is 0.0764. The van der Waals surface area contributed by atoms with Crippen LogP contribution in [0.2, 0.25) is 0 Å². The lowest BCUT2D eigenvalue weighted by Gasteiger charge is -2.06. The monoisotopic (exact) mass is 371 g/mol. The molecule has 0 spiro atoms. The van der Waals surface area contributed by atoms with E-state index in [1.54, 1.807) is 50.2 Å². The van der Waals surface area contributed by atoms with Gasteiger partial charge in [-0.15, -0.1) is 0 Å². The highest BCUT2D eigenvalue weighted by Gasteiger charge is 2.18. The summed E-state index contributed by atoms with van der Waals surface area (Å²) in [5, 5.41) is 13.4. The maximum absolute atomic E-state index is 12.4. The molecule has 7 nitrogen and oxygen atoms in total. The quantitative estimate of drug-likeness (QED) is 0.667. The Labute approximate surface area is 151 Å². The summed E-state index contributed by atoms with van der Waals surface area (Å²) in [4.78, 5) is 4.31. The average Bonchev–Trinajstić information content (AvgIpc) is 2.93. The number of hydrogen-bond acceptors (Lipinski definition) is 6. The minimum Gasteiger partial charge on any atom is -0.507 e. The number of rotatable bonds is 5. The fourth-order valence-corrected chi connectivity index (χ4v) is 3.19. The van der Waals surface area contributed by atoms with Gasteiger partial charge in [0.25, 0.3) is 10.0 Å². The van der Waals surface area contributed by atoms with E-state index >= 15 is 0 Å². The molecule has 0 aliphatic carbocycles. The Kier molecular flexibility index (Phi) is 4.77. The molecule has 0 aliphatic rings. The number of anilines is 1. The van der Waals surface area contributed by atoms with Gasteiger partial charge in [0.1, 0.15) is 5.75 Å². The maximum atomic E-state index is 12.4. The van der Waals surface area contributed by atoms with Gasteiger partial charge in [0, 0.05) is 17.3 Å². The van der Waals surface area contributed by atoms with Crippen molar-refractivity contribution in [3.05, 3.63) is 65.4 Å². The van der Waals surface area contributed by atoms with Gasteiger partial charge < -0.3 is 9.63 Å². The van der Waals surface area contributed by atoms with E-state index in [9.17, 15) is 13.5 Å². The van der Waals surface area contributed by atoms with Crippen molar-refractivity contribution in [3.8, 4) is 5.75 Å². The summed E-state index contributed by atoms with van der Waals surface area (Å²) < 4.78 is 32.2. The van der Waals surface area contributed by atoms with Gasteiger partial charge in [-0.2, -0.15) is 0 Å². The molecule has 0 aliphatic heterocycles. The number of nitrogens with one attached hydrogen (secondary N) is 1. The van der Waals surface area contributed by atoms with Crippen LogP contribution in [0.25, 0.3) is 0 Å². The third-order valence-corrected chi connectivity index (χ3v) is 5.17. The molecule has 0 atom stereocenters. The summed E-state index contributed by atoms with van der Waals surface area (Å²) in [7, 11) is -3.79. The van der Waals surface area contributed by atoms with Crippen LogP contribution in [0.3, 0.4) is 0 Å². The molecule has 0 saturated carbocycles. The molecule has 0 bridgehead atoms. The lowest BCUT2D eigenvalue weighted by atomic mass is 10.2. The topological polar surface area (TPSA) is 105 Å². The van der Waals surface area contributed by atoms with Crippen LogP contribution < -0.4 is 4.72 Å². The number of nitrogens with zero attached hydrogens (tertiary/aromatic N) is 2. The fraction of sp³-hybridized carbons (Fsp3) is 0.111. The highest BCUT2D eigenvalue weighted by atomic mass is 32.2. The minimum atomic E-state index is -3.79. The van der Waals surface area contributed by atoms with E-state index in [4.69, 9.17) is 4.52 Å². The van der Waals surface area contributed by atoms with Crippen molar-refractivity contribution in [2.45, 2.75) is 18.7 Å². The molecular formula is C18H17N3O4S. The van der Waals surface area contributed by atoms with Gasteiger partial charge in [-0.05, 0) is 50.2 Å². The Morgan fingerprint density at radius 3 is 2.42 bits per heavy atom. The first-order chi connectivity index (χ1) is 12.4. The van der Waals surface area contributed by atoms with Crippen molar-refractivity contribution in [3.63, 3.8) is 0 Å². The first-order valence-electron chi connectivity index (χ1n) is 7.74. The molecule has 0 amide bonds. The van der Waals surface area contributed by atoms with Crippen molar-refractivity contribution in [2.24, 2.45) is 4.99 Å². The molecule has 1 aromatic heterocycles. The Morgan fingerprint density at radius 1 is 1.12 bits per heavy atom. The van der Waals surface area contributed by atoms with Crippen molar-refractivity contribution in [2.75, 3.05) is 4.72 Å². The number of hydrogen-bond donors (Lipinski definition) is 2. The summed E-state index contributed by atoms with van der Waals surface area (Å²) in [6, 6.07) is 12.8. The van der Waals surface area contributed by atoms with E-state index in [1.165, 1.54) is 18.3 Å². The second-order valence-electron chi connectivity index (χ2n) is 5.64. The van der Waals surface area contributed by atoms with Crippen LogP contribution in [0.5, 0.6) is 5.75 Å². The summed E-state index contributed by atoms with van der Waals surface area (Å²) >= 11 is 0. The molecule has 0 fully saturated rings. The van der Waals surface area contributed by atoms with E-state index in [-0.39, 0.29) is 16.5 Å². The number of para-hydroxylation sites is 1. The van der Waals surface area contributed by atoms with Gasteiger partial charge in [0.05, 0.1) is 16.3 Å². The lowest BCUT2D eigenvalue weighted by molar-refractivity contribution is 0.430. The number of aryl methyl sites for hydroxylation is 1. The van der Waals surface area contributed by atoms with Crippen LogP contribution in [0.15, 0.2) is 62.9 Å². The van der Waals surface area contributed by atoms with Crippen LogP contribution in [0.4, 0.5) is 11.6 Å². The van der Waals surface area contributed by atoms with Crippen molar-refractivity contribution in [1.82, 2.24) is 5.16 Å². The van der Waals surface area contributed by atoms with Crippen molar-refractivity contribution in [1.29, 1.82) is 0 Å². The zero-order valence-electron chi connectivity index (χ0n) is 14.2. The van der Waals surface area contributed by atoms with Gasteiger partial charge in [-0.1, -0.05) is 17.3 Å². The molecular weight excluding hydrogens is 354 g/mol. The van der Waals surface area contributed by atoms with E-state index in [0.717, 1.165) is 0 Å². The third kappa shape index (κ3) is 3.75. The van der Waals surface area contributed by atoms with Crippen molar-refractivity contribution < 1.29 is 18.0 Å². The van der Waals surface area contributed by atoms with Crippen LogP contribution in [0.1, 0.15) is 16.8 Å². The second-order valence-corrected chi connectivity index (χ2v) is 7.32. The van der Waals surface area contributed by atoms with Gasteiger partial charge in [0.15, 0.2) is 0 Å². The largest absolute Gasteiger partial charge is 0.507 e. The molecule has 134 valence electrons. The number of sulfonamides is 1. The number of benzene rings is 2. The zero-order chi connectivity index (χ0) is 18.7. The molecule has 2 aromatic carbocycles. The summed E-state index contributed by atoms with van der Waals surface area (Å²) in [6.45, 7) is 3.45. The van der Waals surface area contributed by atoms with E-state index in [2.05, 4.69) is 14.9 Å². The Balaban J connectivity index is 1.78. The predicted molar refractivity (Wildman–Crippen MR) is 98.6 cm³/mol. The Morgan fingerprint density at radius 2 is 1.81 bits per heavy atom. The fourth-order valence-electron chi connectivity index (χ4n) is 2.14. The normalized spacial score (nSPS) is 11.8. The van der Waals surface area contributed by atoms with Gasteiger partial charge in [-0.25, -0.2) is 13.1 Å². The zero-order valence-corrected chi connectivity index (χ0v) is 15.0. The SMILES string of the molecule is Cc1noc(NS(=O)(=O)c2ccc(N=Cc3ccccc3O)cc2)c1C. The number of aromatic nitrogens is 1. The third-order valence-electron chi connectivity index (χ3n) is 3.82. The maximum Gasteiger partial charge on any atom is 0.264 e. The molecule has 3 rings (SSSR count). The first-order valence-corrected chi connectivity index (χ1v) is 9.23. The molecule has 2 N–H and O–H groups in total. The highest BCUT2D eigenvalue weighted by Crippen LogP contribution is 2.23. The van der Waals surface area contributed by atoms with Crippen LogP contribution in [-0.4, -0.2) is 24.9 Å². The van der Waals surface area contributed by atoms with Crippen LogP contribution in [-0.2, 0) is 10.0 Å². The number of aliphatic imine (C=N–C) groups is 1. The lowest BCUT2D eigenvalue weighted by Crippen LogP contribution is -2.12. The number of aromatic hydroxyl groups is 1. The van der Waals surface area contributed by atoms with Gasteiger partial charge in [0.2, 0.25) is 5.88 Å². The summed E-state index contributed by atoms with van der Waals surface area (Å²) in [6.07, 6.45) is 1.51. The molecule has 0 radical (unpaired) electrons. The number of phenolic OH excluding ortho intramolecular Hbond substituents is 1. The average molecular weight is 371 g/mol. The smallest absolute Gasteiger partial charge is 0.264 e. The molecule has 26 heavy (non-hydrogen) atoms. The molecule has 0 unspecified atom stereocenters.